The third kappa shape index (κ3) is 3.52. The summed E-state index contributed by atoms with van der Waals surface area (Å²) in [7, 11) is 3.17. The van der Waals surface area contributed by atoms with Gasteiger partial charge in [0.1, 0.15) is 0 Å². The SMILES string of the molecule is C=CCn1c(=NC(=O)c2cccc(Cl)c2)sc2cc(OC)c(OC)cc21. The van der Waals surface area contributed by atoms with E-state index >= 15 is 0 Å². The fraction of sp³-hybridized carbons (Fsp3) is 0.158. The monoisotopic (exact) mass is 388 g/mol. The first kappa shape index (κ1) is 18.2. The highest BCUT2D eigenvalue weighted by atomic mass is 35.5. The summed E-state index contributed by atoms with van der Waals surface area (Å²) in [5.41, 5.74) is 1.33. The zero-order valence-corrected chi connectivity index (χ0v) is 15.9. The van der Waals surface area contributed by atoms with Crippen molar-refractivity contribution in [2.75, 3.05) is 14.2 Å². The number of aromatic nitrogens is 1. The number of allylic oxidation sites excluding steroid dienone is 1. The largest absolute Gasteiger partial charge is 0.493 e. The summed E-state index contributed by atoms with van der Waals surface area (Å²) < 4.78 is 13.6. The standard InChI is InChI=1S/C19H17ClN2O3S/c1-4-8-22-14-10-15(24-2)16(25-3)11-17(14)26-19(22)21-18(23)12-6-5-7-13(20)9-12/h4-7,9-11H,1,8H2,2-3H3. The molecule has 7 heteroatoms. The van der Waals surface area contributed by atoms with Crippen LogP contribution in [-0.2, 0) is 6.54 Å². The molecule has 0 aliphatic rings. The Labute approximate surface area is 159 Å². The minimum atomic E-state index is -0.351. The molecule has 1 heterocycles. The van der Waals surface area contributed by atoms with Gasteiger partial charge in [-0.15, -0.1) is 6.58 Å². The van der Waals surface area contributed by atoms with Crippen molar-refractivity contribution in [3.63, 3.8) is 0 Å². The van der Waals surface area contributed by atoms with E-state index in [1.165, 1.54) is 11.3 Å². The third-order valence-electron chi connectivity index (χ3n) is 3.77. The van der Waals surface area contributed by atoms with Crippen LogP contribution in [0.1, 0.15) is 10.4 Å². The van der Waals surface area contributed by atoms with Crippen molar-refractivity contribution >= 4 is 39.1 Å². The molecule has 0 radical (unpaired) electrons. The van der Waals surface area contributed by atoms with Crippen LogP contribution in [0.5, 0.6) is 11.5 Å². The van der Waals surface area contributed by atoms with E-state index < -0.39 is 0 Å². The molecule has 5 nitrogen and oxygen atoms in total. The van der Waals surface area contributed by atoms with Crippen molar-refractivity contribution in [2.45, 2.75) is 6.54 Å². The summed E-state index contributed by atoms with van der Waals surface area (Å²) in [6, 6.07) is 10.5. The predicted molar refractivity (Wildman–Crippen MR) is 104 cm³/mol. The Bertz CT molecular complexity index is 1050. The summed E-state index contributed by atoms with van der Waals surface area (Å²) in [6.45, 7) is 4.30. The van der Waals surface area contributed by atoms with Crippen molar-refractivity contribution in [1.82, 2.24) is 4.57 Å². The highest BCUT2D eigenvalue weighted by Gasteiger charge is 2.13. The Hall–Kier alpha value is -2.57. The number of halogens is 1. The number of benzene rings is 2. The lowest BCUT2D eigenvalue weighted by Gasteiger charge is -2.08. The van der Waals surface area contributed by atoms with Crippen LogP contribution in [0.4, 0.5) is 0 Å². The molecule has 0 aliphatic carbocycles. The van der Waals surface area contributed by atoms with E-state index in [1.54, 1.807) is 44.6 Å². The second kappa shape index (κ2) is 7.76. The van der Waals surface area contributed by atoms with Gasteiger partial charge in [-0.05, 0) is 18.2 Å². The zero-order valence-electron chi connectivity index (χ0n) is 14.4. The van der Waals surface area contributed by atoms with Crippen molar-refractivity contribution in [2.24, 2.45) is 4.99 Å². The van der Waals surface area contributed by atoms with Gasteiger partial charge in [0, 0.05) is 29.3 Å². The van der Waals surface area contributed by atoms with Crippen LogP contribution in [0.3, 0.4) is 0 Å². The van der Waals surface area contributed by atoms with Gasteiger partial charge in [-0.1, -0.05) is 35.1 Å². The first-order valence-corrected chi connectivity index (χ1v) is 8.97. The summed E-state index contributed by atoms with van der Waals surface area (Å²) in [5, 5.41) is 0.496. The molecule has 0 N–H and O–H groups in total. The fourth-order valence-corrected chi connectivity index (χ4v) is 3.80. The molecule has 0 fully saturated rings. The normalized spacial score (nSPS) is 11.6. The van der Waals surface area contributed by atoms with Gasteiger partial charge in [-0.3, -0.25) is 4.79 Å². The van der Waals surface area contributed by atoms with Crippen molar-refractivity contribution in [3.05, 3.63) is 64.4 Å². The number of amides is 1. The van der Waals surface area contributed by atoms with Gasteiger partial charge in [0.15, 0.2) is 16.3 Å². The number of hydrogen-bond donors (Lipinski definition) is 0. The highest BCUT2D eigenvalue weighted by Crippen LogP contribution is 2.33. The molecule has 0 bridgehead atoms. The first-order chi connectivity index (χ1) is 12.6. The number of ether oxygens (including phenoxy) is 2. The van der Waals surface area contributed by atoms with Gasteiger partial charge >= 0.3 is 0 Å². The average molecular weight is 389 g/mol. The topological polar surface area (TPSA) is 52.8 Å². The molecule has 2 aromatic carbocycles. The second-order valence-corrected chi connectivity index (χ2v) is 6.83. The minimum Gasteiger partial charge on any atom is -0.493 e. The van der Waals surface area contributed by atoms with Crippen molar-refractivity contribution in [3.8, 4) is 11.5 Å². The lowest BCUT2D eigenvalue weighted by Crippen LogP contribution is -2.16. The molecule has 3 rings (SSSR count). The predicted octanol–water partition coefficient (Wildman–Crippen LogP) is 4.30. The van der Waals surface area contributed by atoms with Crippen LogP contribution >= 0.6 is 22.9 Å². The van der Waals surface area contributed by atoms with Crippen LogP contribution in [0.25, 0.3) is 10.2 Å². The van der Waals surface area contributed by atoms with Crippen LogP contribution in [-0.4, -0.2) is 24.7 Å². The molecule has 26 heavy (non-hydrogen) atoms. The number of rotatable bonds is 5. The number of hydrogen-bond acceptors (Lipinski definition) is 4. The molecular formula is C19H17ClN2O3S. The van der Waals surface area contributed by atoms with E-state index in [1.807, 2.05) is 16.7 Å². The smallest absolute Gasteiger partial charge is 0.279 e. The summed E-state index contributed by atoms with van der Waals surface area (Å²) >= 11 is 7.37. The lowest BCUT2D eigenvalue weighted by atomic mass is 10.2. The molecule has 0 saturated heterocycles. The van der Waals surface area contributed by atoms with E-state index in [0.717, 1.165) is 10.2 Å². The Kier molecular flexibility index (Phi) is 5.44. The zero-order chi connectivity index (χ0) is 18.7. The molecule has 0 unspecified atom stereocenters. The molecule has 0 spiro atoms. The molecule has 134 valence electrons. The Balaban J connectivity index is 2.19. The number of carbonyl (C=O) groups excluding carboxylic acids is 1. The van der Waals surface area contributed by atoms with E-state index in [-0.39, 0.29) is 5.91 Å². The fourth-order valence-electron chi connectivity index (χ4n) is 2.56. The number of fused-ring (bicyclic) bond motifs is 1. The van der Waals surface area contributed by atoms with E-state index in [2.05, 4.69) is 11.6 Å². The maximum absolute atomic E-state index is 12.5. The van der Waals surface area contributed by atoms with Crippen LogP contribution < -0.4 is 14.3 Å². The third-order valence-corrected chi connectivity index (χ3v) is 5.04. The van der Waals surface area contributed by atoms with Crippen LogP contribution in [0.2, 0.25) is 5.02 Å². The summed E-state index contributed by atoms with van der Waals surface area (Å²) in [4.78, 5) is 17.4. The van der Waals surface area contributed by atoms with Crippen LogP contribution in [0.15, 0.2) is 54.0 Å². The second-order valence-electron chi connectivity index (χ2n) is 5.39. The van der Waals surface area contributed by atoms with E-state index in [4.69, 9.17) is 21.1 Å². The van der Waals surface area contributed by atoms with Crippen molar-refractivity contribution < 1.29 is 14.3 Å². The van der Waals surface area contributed by atoms with Crippen LogP contribution in [0, 0.1) is 0 Å². The number of nitrogens with zero attached hydrogens (tertiary/aromatic N) is 2. The number of carbonyl (C=O) groups is 1. The van der Waals surface area contributed by atoms with Crippen molar-refractivity contribution in [1.29, 1.82) is 0 Å². The van der Waals surface area contributed by atoms with Gasteiger partial charge in [-0.25, -0.2) is 0 Å². The Morgan fingerprint density at radius 3 is 2.65 bits per heavy atom. The van der Waals surface area contributed by atoms with E-state index in [9.17, 15) is 4.79 Å². The van der Waals surface area contributed by atoms with Gasteiger partial charge in [-0.2, -0.15) is 4.99 Å². The molecule has 3 aromatic rings. The van der Waals surface area contributed by atoms with Gasteiger partial charge < -0.3 is 14.0 Å². The van der Waals surface area contributed by atoms with Gasteiger partial charge in [0.25, 0.3) is 5.91 Å². The van der Waals surface area contributed by atoms with E-state index in [0.29, 0.717) is 33.4 Å². The quantitative estimate of drug-likeness (QED) is 0.612. The Morgan fingerprint density at radius 2 is 2.00 bits per heavy atom. The maximum Gasteiger partial charge on any atom is 0.279 e. The molecular weight excluding hydrogens is 372 g/mol. The average Bonchev–Trinajstić information content (AvgIpc) is 2.97. The number of thiazole rings is 1. The molecule has 0 aliphatic heterocycles. The highest BCUT2D eigenvalue weighted by molar-refractivity contribution is 7.16. The maximum atomic E-state index is 12.5. The van der Waals surface area contributed by atoms with Gasteiger partial charge in [0.2, 0.25) is 0 Å². The molecule has 1 amide bonds. The molecule has 0 atom stereocenters. The molecule has 0 saturated carbocycles. The lowest BCUT2D eigenvalue weighted by molar-refractivity contribution is 0.0998. The molecule has 1 aromatic heterocycles. The first-order valence-electron chi connectivity index (χ1n) is 7.78. The summed E-state index contributed by atoms with van der Waals surface area (Å²) in [5.74, 6) is 0.888. The number of methoxy groups -OCH3 is 2. The minimum absolute atomic E-state index is 0.351. The van der Waals surface area contributed by atoms with Gasteiger partial charge in [0.05, 0.1) is 24.4 Å². The summed E-state index contributed by atoms with van der Waals surface area (Å²) in [6.07, 6.45) is 1.76. The Morgan fingerprint density at radius 1 is 1.27 bits per heavy atom.